The molecule has 0 radical (unpaired) electrons. The Morgan fingerprint density at radius 1 is 0.839 bits per heavy atom. The van der Waals surface area contributed by atoms with Crippen molar-refractivity contribution in [1.29, 1.82) is 0 Å². The Balaban J connectivity index is 1.76. The van der Waals surface area contributed by atoms with Gasteiger partial charge in [0, 0.05) is 17.1 Å². The molecule has 0 spiro atoms. The fourth-order valence-electron chi connectivity index (χ4n) is 5.04. The number of rotatable bonds is 1. The molecule has 0 saturated carbocycles. The summed E-state index contributed by atoms with van der Waals surface area (Å²) in [5.74, 6) is 1.61. The lowest BCUT2D eigenvalue weighted by molar-refractivity contribution is 0.144. The molecule has 2 heteroatoms. The summed E-state index contributed by atoms with van der Waals surface area (Å²) < 4.78 is 6.51. The Bertz CT molecular complexity index is 1360. The first-order valence-electron chi connectivity index (χ1n) is 10.6. The standard InChI is InChI=1S/C29H22O2/c1-29(30)21-12-6-8-14-23(29)28-25(18-16-21)31-24-17-15-19-9-5-7-13-22(19)27(24)26(28)20-10-3-2-4-11-20/h2-18,26,30H,1H3. The van der Waals surface area contributed by atoms with Crippen molar-refractivity contribution in [3.8, 4) is 5.75 Å². The minimum Gasteiger partial charge on any atom is -0.457 e. The lowest BCUT2D eigenvalue weighted by Gasteiger charge is -2.35. The van der Waals surface area contributed by atoms with Crippen LogP contribution in [0.15, 0.2) is 126 Å². The third kappa shape index (κ3) is 2.69. The molecule has 3 aromatic carbocycles. The van der Waals surface area contributed by atoms with E-state index in [0.717, 1.165) is 33.8 Å². The van der Waals surface area contributed by atoms with Crippen LogP contribution in [0, 0.1) is 0 Å². The number of allylic oxidation sites excluding steroid dienone is 5. The van der Waals surface area contributed by atoms with E-state index in [1.807, 2.05) is 49.4 Å². The Morgan fingerprint density at radius 3 is 2.48 bits per heavy atom. The molecule has 2 nitrogen and oxygen atoms in total. The van der Waals surface area contributed by atoms with Gasteiger partial charge >= 0.3 is 0 Å². The third-order valence-electron chi connectivity index (χ3n) is 6.57. The van der Waals surface area contributed by atoms with E-state index in [1.165, 1.54) is 16.3 Å². The quantitative estimate of drug-likeness (QED) is 0.513. The average Bonchev–Trinajstić information content (AvgIpc) is 3.01. The largest absolute Gasteiger partial charge is 0.457 e. The van der Waals surface area contributed by atoms with Crippen molar-refractivity contribution in [3.05, 3.63) is 137 Å². The molecule has 150 valence electrons. The SMILES string of the molecule is CC1(O)C2=CC=C3Oc4ccc5ccccc5c4C(c4ccccc4)C3=C1C=CC=C2. The maximum atomic E-state index is 11.7. The highest BCUT2D eigenvalue weighted by Gasteiger charge is 2.41. The molecule has 1 heterocycles. The molecule has 3 aliphatic rings. The van der Waals surface area contributed by atoms with Crippen LogP contribution in [-0.2, 0) is 0 Å². The van der Waals surface area contributed by atoms with Crippen LogP contribution in [0.2, 0.25) is 0 Å². The lowest BCUT2D eigenvalue weighted by Crippen LogP contribution is -2.31. The fourth-order valence-corrected chi connectivity index (χ4v) is 5.04. The number of ether oxygens (including phenoxy) is 1. The Hall–Kier alpha value is -3.62. The van der Waals surface area contributed by atoms with Gasteiger partial charge in [0.15, 0.2) is 0 Å². The number of hydrogen-bond acceptors (Lipinski definition) is 2. The third-order valence-corrected chi connectivity index (χ3v) is 6.57. The first kappa shape index (κ1) is 18.2. The zero-order valence-corrected chi connectivity index (χ0v) is 17.2. The maximum Gasteiger partial charge on any atom is 0.132 e. The Kier molecular flexibility index (Phi) is 3.92. The van der Waals surface area contributed by atoms with E-state index in [2.05, 4.69) is 60.7 Å². The average molecular weight is 402 g/mol. The van der Waals surface area contributed by atoms with E-state index in [-0.39, 0.29) is 5.92 Å². The first-order valence-corrected chi connectivity index (χ1v) is 10.6. The number of aliphatic hydroxyl groups is 1. The van der Waals surface area contributed by atoms with Crippen molar-refractivity contribution in [1.82, 2.24) is 0 Å². The Morgan fingerprint density at radius 2 is 1.61 bits per heavy atom. The zero-order valence-electron chi connectivity index (χ0n) is 17.2. The molecule has 0 amide bonds. The van der Waals surface area contributed by atoms with E-state index in [4.69, 9.17) is 4.74 Å². The molecule has 0 saturated heterocycles. The molecule has 2 unspecified atom stereocenters. The molecule has 2 atom stereocenters. The van der Waals surface area contributed by atoms with Crippen LogP contribution >= 0.6 is 0 Å². The topological polar surface area (TPSA) is 29.5 Å². The van der Waals surface area contributed by atoms with Gasteiger partial charge < -0.3 is 9.84 Å². The number of hydrogen-bond donors (Lipinski definition) is 1. The molecule has 31 heavy (non-hydrogen) atoms. The van der Waals surface area contributed by atoms with Crippen LogP contribution in [0.5, 0.6) is 5.75 Å². The van der Waals surface area contributed by atoms with Crippen LogP contribution in [0.25, 0.3) is 10.8 Å². The molecule has 0 fully saturated rings. The van der Waals surface area contributed by atoms with Crippen LogP contribution < -0.4 is 4.74 Å². The van der Waals surface area contributed by atoms with Gasteiger partial charge in [0.25, 0.3) is 0 Å². The van der Waals surface area contributed by atoms with Crippen LogP contribution in [-0.4, -0.2) is 10.7 Å². The van der Waals surface area contributed by atoms with Crippen molar-refractivity contribution >= 4 is 10.8 Å². The van der Waals surface area contributed by atoms with Crippen LogP contribution in [0.1, 0.15) is 24.0 Å². The predicted molar refractivity (Wildman–Crippen MR) is 125 cm³/mol. The van der Waals surface area contributed by atoms with Crippen molar-refractivity contribution in [2.24, 2.45) is 0 Å². The second-order valence-electron chi connectivity index (χ2n) is 8.41. The molecule has 1 aliphatic heterocycles. The minimum absolute atomic E-state index is 0.0562. The van der Waals surface area contributed by atoms with Gasteiger partial charge in [-0.2, -0.15) is 0 Å². The van der Waals surface area contributed by atoms with Crippen molar-refractivity contribution in [2.45, 2.75) is 18.4 Å². The van der Waals surface area contributed by atoms with Crippen molar-refractivity contribution in [2.75, 3.05) is 0 Å². The highest BCUT2D eigenvalue weighted by Crippen LogP contribution is 2.52. The molecule has 0 aromatic heterocycles. The number of benzene rings is 3. The monoisotopic (exact) mass is 402 g/mol. The molecule has 2 aliphatic carbocycles. The summed E-state index contributed by atoms with van der Waals surface area (Å²) in [6, 6.07) is 23.2. The summed E-state index contributed by atoms with van der Waals surface area (Å²) in [4.78, 5) is 0. The van der Waals surface area contributed by atoms with Crippen LogP contribution in [0.4, 0.5) is 0 Å². The summed E-state index contributed by atoms with van der Waals surface area (Å²) in [6.45, 7) is 1.87. The lowest BCUT2D eigenvalue weighted by atomic mass is 9.74. The van der Waals surface area contributed by atoms with Crippen molar-refractivity contribution < 1.29 is 9.84 Å². The van der Waals surface area contributed by atoms with Crippen LogP contribution in [0.3, 0.4) is 0 Å². The van der Waals surface area contributed by atoms with E-state index >= 15 is 0 Å². The van der Waals surface area contributed by atoms with Gasteiger partial charge in [-0.25, -0.2) is 0 Å². The zero-order chi connectivity index (χ0) is 21.0. The predicted octanol–water partition coefficient (Wildman–Crippen LogP) is 6.36. The van der Waals surface area contributed by atoms with Crippen molar-refractivity contribution in [3.63, 3.8) is 0 Å². The molecule has 1 N–H and O–H groups in total. The fraction of sp³-hybridized carbons (Fsp3) is 0.103. The molecular weight excluding hydrogens is 380 g/mol. The summed E-state index contributed by atoms with van der Waals surface area (Å²) in [5.41, 5.74) is 3.96. The van der Waals surface area contributed by atoms with Gasteiger partial charge in [-0.3, -0.25) is 0 Å². The van der Waals surface area contributed by atoms with E-state index in [9.17, 15) is 5.11 Å². The minimum atomic E-state index is -1.12. The summed E-state index contributed by atoms with van der Waals surface area (Å²) in [5, 5.41) is 14.0. The van der Waals surface area contributed by atoms with Gasteiger partial charge in [0.1, 0.15) is 17.1 Å². The van der Waals surface area contributed by atoms with Gasteiger partial charge in [0.05, 0.1) is 0 Å². The smallest absolute Gasteiger partial charge is 0.132 e. The summed E-state index contributed by atoms with van der Waals surface area (Å²) in [7, 11) is 0. The van der Waals surface area contributed by atoms with E-state index in [0.29, 0.717) is 0 Å². The van der Waals surface area contributed by atoms with Gasteiger partial charge in [0.2, 0.25) is 0 Å². The molecule has 6 rings (SSSR count). The number of fused-ring (bicyclic) bond motifs is 6. The molecule has 3 aromatic rings. The second-order valence-corrected chi connectivity index (χ2v) is 8.41. The Labute approximate surface area is 181 Å². The van der Waals surface area contributed by atoms with E-state index < -0.39 is 5.60 Å². The summed E-state index contributed by atoms with van der Waals surface area (Å²) in [6.07, 6.45) is 12.0. The first-order chi connectivity index (χ1) is 15.1. The summed E-state index contributed by atoms with van der Waals surface area (Å²) >= 11 is 0. The molecular formula is C29H22O2. The van der Waals surface area contributed by atoms with Gasteiger partial charge in [-0.1, -0.05) is 91.0 Å². The second kappa shape index (κ2) is 6.69. The van der Waals surface area contributed by atoms with E-state index in [1.54, 1.807) is 0 Å². The normalized spacial score (nSPS) is 23.9. The highest BCUT2D eigenvalue weighted by atomic mass is 16.5. The molecule has 2 bridgehead atoms. The highest BCUT2D eigenvalue weighted by molar-refractivity contribution is 5.90. The maximum absolute atomic E-state index is 11.7. The van der Waals surface area contributed by atoms with Gasteiger partial charge in [-0.05, 0) is 46.5 Å². The van der Waals surface area contributed by atoms with Gasteiger partial charge in [-0.15, -0.1) is 0 Å².